The lowest BCUT2D eigenvalue weighted by molar-refractivity contribution is -0.167. The molecule has 1 atom stereocenters. The number of hydrogen-bond acceptors (Lipinski definition) is 6. The highest BCUT2D eigenvalue weighted by Crippen LogP contribution is 2.13. The SMILES string of the molecule is CC/C=C\C/C=C\C/C=C\C/C=C\C/C=C\C/C=C\C/C=C\CCCCCC(=O)OCC(COC(=O)CCCCCCCCCC)OC(=O)CCCCCCCC/C=C\C/C=C\C/C=C\C/C=C\C/C=C\C/C=C\CC. The molecular formula is C70H110O6. The van der Waals surface area contributed by atoms with Crippen LogP contribution >= 0.6 is 0 Å². The first-order chi connectivity index (χ1) is 37.5. The summed E-state index contributed by atoms with van der Waals surface area (Å²) in [5.74, 6) is -0.961. The number of carbonyl (C=O) groups is 3. The molecule has 0 aromatic rings. The van der Waals surface area contributed by atoms with Gasteiger partial charge in [0.15, 0.2) is 6.10 Å². The highest BCUT2D eigenvalue weighted by molar-refractivity contribution is 5.71. The molecule has 0 aromatic heterocycles. The zero-order chi connectivity index (χ0) is 55.0. The van der Waals surface area contributed by atoms with Crippen molar-refractivity contribution in [3.05, 3.63) is 158 Å². The predicted molar refractivity (Wildman–Crippen MR) is 329 cm³/mol. The van der Waals surface area contributed by atoms with Crippen LogP contribution in [0.15, 0.2) is 158 Å². The lowest BCUT2D eigenvalue weighted by atomic mass is 10.1. The van der Waals surface area contributed by atoms with Gasteiger partial charge in [-0.15, -0.1) is 0 Å². The van der Waals surface area contributed by atoms with Gasteiger partial charge in [-0.05, 0) is 128 Å². The summed E-state index contributed by atoms with van der Waals surface area (Å²) in [6.45, 7) is 6.33. The van der Waals surface area contributed by atoms with Crippen LogP contribution < -0.4 is 0 Å². The quantitative estimate of drug-likeness (QED) is 0.0261. The molecule has 76 heavy (non-hydrogen) atoms. The fourth-order valence-corrected chi connectivity index (χ4v) is 7.78. The fraction of sp³-hybridized carbons (Fsp3) is 0.586. The van der Waals surface area contributed by atoms with Gasteiger partial charge in [0.2, 0.25) is 0 Å². The summed E-state index contributed by atoms with van der Waals surface area (Å²) in [5, 5.41) is 0. The Morgan fingerprint density at radius 2 is 0.513 bits per heavy atom. The molecule has 0 amide bonds. The molecule has 0 radical (unpaired) electrons. The summed E-state index contributed by atoms with van der Waals surface area (Å²) in [4.78, 5) is 38.1. The molecule has 0 heterocycles. The first-order valence-corrected chi connectivity index (χ1v) is 30.5. The van der Waals surface area contributed by atoms with Crippen LogP contribution in [0.3, 0.4) is 0 Å². The molecule has 0 aliphatic heterocycles. The maximum absolute atomic E-state index is 12.9. The van der Waals surface area contributed by atoms with Gasteiger partial charge < -0.3 is 14.2 Å². The van der Waals surface area contributed by atoms with Gasteiger partial charge in [-0.3, -0.25) is 14.4 Å². The predicted octanol–water partition coefficient (Wildman–Crippen LogP) is 20.9. The minimum Gasteiger partial charge on any atom is -0.462 e. The van der Waals surface area contributed by atoms with Crippen LogP contribution in [0.2, 0.25) is 0 Å². The van der Waals surface area contributed by atoms with E-state index in [0.29, 0.717) is 19.3 Å². The molecule has 6 heteroatoms. The number of ether oxygens (including phenoxy) is 3. The molecule has 0 aliphatic carbocycles. The Hall–Kier alpha value is -4.97. The molecule has 0 fully saturated rings. The second-order valence-corrected chi connectivity index (χ2v) is 19.5. The summed E-state index contributed by atoms with van der Waals surface area (Å²) < 4.78 is 16.8. The number of allylic oxidation sites excluding steroid dienone is 26. The molecule has 1 unspecified atom stereocenters. The Kier molecular flexibility index (Phi) is 58.5. The van der Waals surface area contributed by atoms with E-state index in [1.807, 2.05) is 0 Å². The van der Waals surface area contributed by atoms with Crippen molar-refractivity contribution in [3.8, 4) is 0 Å². The van der Waals surface area contributed by atoms with E-state index in [1.54, 1.807) is 0 Å². The third-order valence-corrected chi connectivity index (χ3v) is 12.3. The third kappa shape index (κ3) is 59.9. The molecule has 0 N–H and O–H groups in total. The first-order valence-electron chi connectivity index (χ1n) is 30.5. The second-order valence-electron chi connectivity index (χ2n) is 19.5. The van der Waals surface area contributed by atoms with Crippen molar-refractivity contribution in [2.75, 3.05) is 13.2 Å². The highest BCUT2D eigenvalue weighted by atomic mass is 16.6. The van der Waals surface area contributed by atoms with Gasteiger partial charge in [-0.1, -0.05) is 256 Å². The van der Waals surface area contributed by atoms with E-state index in [1.165, 1.54) is 44.9 Å². The summed E-state index contributed by atoms with van der Waals surface area (Å²) in [5.41, 5.74) is 0. The maximum atomic E-state index is 12.9. The van der Waals surface area contributed by atoms with Crippen molar-refractivity contribution in [2.45, 2.75) is 252 Å². The molecule has 0 aliphatic rings. The Bertz CT molecular complexity index is 1720. The molecule has 0 bridgehead atoms. The zero-order valence-electron chi connectivity index (χ0n) is 48.7. The van der Waals surface area contributed by atoms with Crippen LogP contribution in [0.4, 0.5) is 0 Å². The summed E-state index contributed by atoms with van der Waals surface area (Å²) >= 11 is 0. The van der Waals surface area contributed by atoms with E-state index in [0.717, 1.165) is 161 Å². The first kappa shape index (κ1) is 71.0. The van der Waals surface area contributed by atoms with Crippen molar-refractivity contribution in [1.29, 1.82) is 0 Å². The topological polar surface area (TPSA) is 78.9 Å². The van der Waals surface area contributed by atoms with Gasteiger partial charge in [0.25, 0.3) is 0 Å². The molecule has 6 nitrogen and oxygen atoms in total. The van der Waals surface area contributed by atoms with Crippen molar-refractivity contribution in [2.24, 2.45) is 0 Å². The second kappa shape index (κ2) is 62.6. The number of rotatable bonds is 53. The molecule has 0 saturated carbocycles. The molecule has 0 aromatic carbocycles. The molecular weight excluding hydrogens is 937 g/mol. The van der Waals surface area contributed by atoms with Crippen molar-refractivity contribution in [3.63, 3.8) is 0 Å². The molecule has 0 saturated heterocycles. The number of hydrogen-bond donors (Lipinski definition) is 0. The number of carbonyl (C=O) groups excluding carboxylic acids is 3. The Morgan fingerprint density at radius 3 is 0.816 bits per heavy atom. The third-order valence-electron chi connectivity index (χ3n) is 12.3. The average Bonchev–Trinajstić information content (AvgIpc) is 3.42. The lowest BCUT2D eigenvalue weighted by Crippen LogP contribution is -2.30. The highest BCUT2D eigenvalue weighted by Gasteiger charge is 2.19. The Morgan fingerprint density at radius 1 is 0.276 bits per heavy atom. The van der Waals surface area contributed by atoms with E-state index in [-0.39, 0.29) is 31.1 Å². The van der Waals surface area contributed by atoms with Crippen LogP contribution in [-0.2, 0) is 28.6 Å². The molecule has 426 valence electrons. The van der Waals surface area contributed by atoms with E-state index in [2.05, 4.69) is 179 Å². The van der Waals surface area contributed by atoms with Crippen molar-refractivity contribution >= 4 is 17.9 Å². The minimum absolute atomic E-state index is 0.101. The van der Waals surface area contributed by atoms with Gasteiger partial charge >= 0.3 is 17.9 Å². The van der Waals surface area contributed by atoms with Crippen LogP contribution in [-0.4, -0.2) is 37.2 Å². The maximum Gasteiger partial charge on any atom is 0.306 e. The van der Waals surface area contributed by atoms with Gasteiger partial charge in [-0.25, -0.2) is 0 Å². The normalized spacial score (nSPS) is 13.2. The van der Waals surface area contributed by atoms with Gasteiger partial charge in [0, 0.05) is 19.3 Å². The lowest BCUT2D eigenvalue weighted by Gasteiger charge is -2.18. The van der Waals surface area contributed by atoms with E-state index < -0.39 is 6.10 Å². The van der Waals surface area contributed by atoms with Crippen LogP contribution in [0.1, 0.15) is 245 Å². The molecule has 0 rings (SSSR count). The monoisotopic (exact) mass is 1050 g/mol. The van der Waals surface area contributed by atoms with Crippen LogP contribution in [0.5, 0.6) is 0 Å². The summed E-state index contributed by atoms with van der Waals surface area (Å²) in [6, 6.07) is 0. The van der Waals surface area contributed by atoms with Gasteiger partial charge in [0.05, 0.1) is 0 Å². The van der Waals surface area contributed by atoms with Crippen molar-refractivity contribution < 1.29 is 28.6 Å². The Balaban J connectivity index is 4.36. The molecule has 0 spiro atoms. The number of unbranched alkanes of at least 4 members (excludes halogenated alkanes) is 16. The standard InChI is InChI=1S/C70H110O6/c1-4-7-10-13-16-19-21-23-25-27-29-31-33-35-37-39-41-43-45-47-49-51-54-57-60-63-69(72)75-66-67(65-74-68(71)62-59-56-53-18-15-12-9-6-3)76-70(73)64-61-58-55-52-50-48-46-44-42-40-38-36-34-32-30-28-26-24-22-20-17-14-11-8-5-2/h7-8,10-11,16-17,19-20,23-26,29-32,35-38,41-44,47,49,67H,4-6,9,12-15,18,21-22,27-28,33-34,39-40,45-46,48,50-66H2,1-3H3/b10-7-,11-8-,19-16-,20-17-,25-23-,26-24-,31-29-,32-30-,37-35-,38-36-,43-41-,44-42-,49-47-. The number of esters is 3. The van der Waals surface area contributed by atoms with Gasteiger partial charge in [-0.2, -0.15) is 0 Å². The smallest absolute Gasteiger partial charge is 0.306 e. The van der Waals surface area contributed by atoms with E-state index >= 15 is 0 Å². The van der Waals surface area contributed by atoms with Crippen molar-refractivity contribution in [1.82, 2.24) is 0 Å². The van der Waals surface area contributed by atoms with E-state index in [9.17, 15) is 14.4 Å². The summed E-state index contributed by atoms with van der Waals surface area (Å²) in [6.07, 6.45) is 91.1. The van der Waals surface area contributed by atoms with Crippen LogP contribution in [0.25, 0.3) is 0 Å². The average molecular weight is 1050 g/mol. The van der Waals surface area contributed by atoms with E-state index in [4.69, 9.17) is 14.2 Å². The summed E-state index contributed by atoms with van der Waals surface area (Å²) in [7, 11) is 0. The van der Waals surface area contributed by atoms with Gasteiger partial charge in [0.1, 0.15) is 13.2 Å². The fourth-order valence-electron chi connectivity index (χ4n) is 7.78. The zero-order valence-corrected chi connectivity index (χ0v) is 48.7. The Labute approximate surface area is 467 Å². The van der Waals surface area contributed by atoms with Crippen LogP contribution in [0, 0.1) is 0 Å². The minimum atomic E-state index is -0.806. The largest absolute Gasteiger partial charge is 0.462 e.